The number of sulfonamides is 1. The van der Waals surface area contributed by atoms with Crippen molar-refractivity contribution < 1.29 is 22.3 Å². The van der Waals surface area contributed by atoms with Gasteiger partial charge < -0.3 is 10.1 Å². The molecular formula is C23H30FN3O4S. The summed E-state index contributed by atoms with van der Waals surface area (Å²) in [6.07, 6.45) is 0. The number of carbonyl (C=O) groups excluding carboxylic acids is 1. The number of carbonyl (C=O) groups is 1. The molecular weight excluding hydrogens is 433 g/mol. The first-order chi connectivity index (χ1) is 15.3. The van der Waals surface area contributed by atoms with Crippen LogP contribution >= 0.6 is 0 Å². The zero-order valence-electron chi connectivity index (χ0n) is 18.5. The first-order valence-electron chi connectivity index (χ1n) is 10.7. The molecule has 0 bridgehead atoms. The molecule has 1 fully saturated rings. The van der Waals surface area contributed by atoms with Gasteiger partial charge in [0.1, 0.15) is 11.6 Å². The lowest BCUT2D eigenvalue weighted by molar-refractivity contribution is -0.123. The summed E-state index contributed by atoms with van der Waals surface area (Å²) in [5, 5.41) is 2.83. The first kappa shape index (κ1) is 24.2. The molecule has 32 heavy (non-hydrogen) atoms. The molecule has 0 aromatic heterocycles. The maximum atomic E-state index is 13.1. The second-order valence-corrected chi connectivity index (χ2v) is 10.00. The number of piperazine rings is 1. The van der Waals surface area contributed by atoms with Gasteiger partial charge in [-0.25, -0.2) is 12.8 Å². The number of amides is 1. The van der Waals surface area contributed by atoms with E-state index < -0.39 is 15.8 Å². The van der Waals surface area contributed by atoms with Crippen molar-refractivity contribution in [2.45, 2.75) is 24.7 Å². The Morgan fingerprint density at radius 2 is 1.66 bits per heavy atom. The van der Waals surface area contributed by atoms with Crippen LogP contribution < -0.4 is 10.1 Å². The number of nitrogens with zero attached hydrogens (tertiary/aromatic N) is 2. The van der Waals surface area contributed by atoms with Crippen LogP contribution in [0, 0.1) is 5.82 Å². The van der Waals surface area contributed by atoms with Crippen molar-refractivity contribution in [3.8, 4) is 5.75 Å². The Morgan fingerprint density at radius 1 is 1.03 bits per heavy atom. The Kier molecular flexibility index (Phi) is 8.22. The summed E-state index contributed by atoms with van der Waals surface area (Å²) in [4.78, 5) is 14.2. The number of nitrogens with one attached hydrogen (secondary N) is 1. The predicted molar refractivity (Wildman–Crippen MR) is 121 cm³/mol. The molecule has 0 saturated carbocycles. The molecule has 0 spiro atoms. The van der Waals surface area contributed by atoms with E-state index in [9.17, 15) is 17.6 Å². The van der Waals surface area contributed by atoms with E-state index in [1.807, 2.05) is 24.3 Å². The number of halogens is 1. The Balaban J connectivity index is 1.36. The molecule has 9 heteroatoms. The largest absolute Gasteiger partial charge is 0.484 e. The summed E-state index contributed by atoms with van der Waals surface area (Å²) in [7, 11) is -3.62. The van der Waals surface area contributed by atoms with Crippen molar-refractivity contribution in [1.82, 2.24) is 14.5 Å². The smallest absolute Gasteiger partial charge is 0.257 e. The summed E-state index contributed by atoms with van der Waals surface area (Å²) in [5.41, 5.74) is 1.22. The third-order valence-corrected chi connectivity index (χ3v) is 7.36. The van der Waals surface area contributed by atoms with Gasteiger partial charge in [-0.2, -0.15) is 4.31 Å². The maximum absolute atomic E-state index is 13.1. The van der Waals surface area contributed by atoms with Crippen LogP contribution in [0.1, 0.15) is 25.3 Å². The highest BCUT2D eigenvalue weighted by Crippen LogP contribution is 2.19. The van der Waals surface area contributed by atoms with Gasteiger partial charge in [-0.3, -0.25) is 9.69 Å². The SMILES string of the molecule is CC(C)c1ccc(OCC(=O)NCCN2CCN(S(=O)(=O)c3ccc(F)cc3)CC2)cc1. The van der Waals surface area contributed by atoms with Crippen LogP contribution in [0.5, 0.6) is 5.75 Å². The molecule has 0 atom stereocenters. The highest BCUT2D eigenvalue weighted by Gasteiger charge is 2.28. The predicted octanol–water partition coefficient (Wildman–Crippen LogP) is 2.45. The lowest BCUT2D eigenvalue weighted by atomic mass is 10.0. The quantitative estimate of drug-likeness (QED) is 0.618. The minimum Gasteiger partial charge on any atom is -0.484 e. The molecule has 1 aliphatic heterocycles. The van der Waals surface area contributed by atoms with Crippen molar-refractivity contribution in [1.29, 1.82) is 0 Å². The summed E-state index contributed by atoms with van der Waals surface area (Å²) < 4.78 is 45.3. The molecule has 1 saturated heterocycles. The van der Waals surface area contributed by atoms with Crippen molar-refractivity contribution in [3.05, 3.63) is 59.9 Å². The Labute approximate surface area is 189 Å². The fourth-order valence-electron chi connectivity index (χ4n) is 3.45. The van der Waals surface area contributed by atoms with E-state index in [0.717, 1.165) is 12.1 Å². The number of hydrogen-bond donors (Lipinski definition) is 1. The molecule has 7 nitrogen and oxygen atoms in total. The fourth-order valence-corrected chi connectivity index (χ4v) is 4.87. The third kappa shape index (κ3) is 6.51. The summed E-state index contributed by atoms with van der Waals surface area (Å²) in [5.74, 6) is 0.431. The van der Waals surface area contributed by atoms with Gasteiger partial charge in [0.2, 0.25) is 10.0 Å². The van der Waals surface area contributed by atoms with Crippen LogP contribution in [0.3, 0.4) is 0 Å². The average Bonchev–Trinajstić information content (AvgIpc) is 2.78. The van der Waals surface area contributed by atoms with Gasteiger partial charge in [0.25, 0.3) is 5.91 Å². The van der Waals surface area contributed by atoms with Crippen molar-refractivity contribution in [2.75, 3.05) is 45.9 Å². The van der Waals surface area contributed by atoms with E-state index in [-0.39, 0.29) is 17.4 Å². The number of benzene rings is 2. The molecule has 2 aromatic carbocycles. The monoisotopic (exact) mass is 463 g/mol. The molecule has 2 aromatic rings. The lowest BCUT2D eigenvalue weighted by Gasteiger charge is -2.33. The summed E-state index contributed by atoms with van der Waals surface area (Å²) in [6.45, 7) is 7.10. The minimum absolute atomic E-state index is 0.0509. The van der Waals surface area contributed by atoms with E-state index in [2.05, 4.69) is 24.1 Å². The van der Waals surface area contributed by atoms with Crippen molar-refractivity contribution in [2.24, 2.45) is 0 Å². The normalized spacial score (nSPS) is 15.6. The van der Waals surface area contributed by atoms with Crippen LogP contribution in [-0.4, -0.2) is 69.4 Å². The number of hydrogen-bond acceptors (Lipinski definition) is 5. The molecule has 1 heterocycles. The molecule has 0 radical (unpaired) electrons. The molecule has 0 unspecified atom stereocenters. The van der Waals surface area contributed by atoms with Gasteiger partial charge in [-0.15, -0.1) is 0 Å². The van der Waals surface area contributed by atoms with Crippen LogP contribution in [0.15, 0.2) is 53.4 Å². The standard InChI is InChI=1S/C23H30FN3O4S/c1-18(2)19-3-7-21(8-4-19)31-17-23(28)25-11-12-26-13-15-27(16-14-26)32(29,30)22-9-5-20(24)6-10-22/h3-10,18H,11-17H2,1-2H3,(H,25,28). The van der Waals surface area contributed by atoms with Crippen molar-refractivity contribution >= 4 is 15.9 Å². The molecule has 0 aliphatic carbocycles. The highest BCUT2D eigenvalue weighted by atomic mass is 32.2. The second kappa shape index (κ2) is 10.9. The lowest BCUT2D eigenvalue weighted by Crippen LogP contribution is -2.50. The van der Waals surface area contributed by atoms with E-state index in [1.54, 1.807) is 0 Å². The van der Waals surface area contributed by atoms with E-state index in [1.165, 1.54) is 22.0 Å². The molecule has 174 valence electrons. The number of rotatable bonds is 9. The van der Waals surface area contributed by atoms with Crippen LogP contribution in [-0.2, 0) is 14.8 Å². The van der Waals surface area contributed by atoms with Gasteiger partial charge in [0.05, 0.1) is 4.90 Å². The Bertz CT molecular complexity index is 987. The van der Waals surface area contributed by atoms with E-state index >= 15 is 0 Å². The topological polar surface area (TPSA) is 79.0 Å². The zero-order chi connectivity index (χ0) is 23.1. The molecule has 1 N–H and O–H groups in total. The Hall–Kier alpha value is -2.49. The second-order valence-electron chi connectivity index (χ2n) is 8.06. The first-order valence-corrected chi connectivity index (χ1v) is 12.2. The zero-order valence-corrected chi connectivity index (χ0v) is 19.3. The van der Waals surface area contributed by atoms with Crippen LogP contribution in [0.2, 0.25) is 0 Å². The van der Waals surface area contributed by atoms with Gasteiger partial charge in [0, 0.05) is 39.3 Å². The van der Waals surface area contributed by atoms with Gasteiger partial charge in [-0.05, 0) is 47.9 Å². The van der Waals surface area contributed by atoms with Gasteiger partial charge >= 0.3 is 0 Å². The molecule has 3 rings (SSSR count). The van der Waals surface area contributed by atoms with Gasteiger partial charge in [-0.1, -0.05) is 26.0 Å². The minimum atomic E-state index is -3.62. The summed E-state index contributed by atoms with van der Waals surface area (Å²) in [6, 6.07) is 12.6. The maximum Gasteiger partial charge on any atom is 0.257 e. The molecule has 1 amide bonds. The average molecular weight is 464 g/mol. The van der Waals surface area contributed by atoms with Crippen molar-refractivity contribution in [3.63, 3.8) is 0 Å². The van der Waals surface area contributed by atoms with E-state index in [0.29, 0.717) is 50.9 Å². The fraction of sp³-hybridized carbons (Fsp3) is 0.435. The van der Waals surface area contributed by atoms with Gasteiger partial charge in [0.15, 0.2) is 6.61 Å². The van der Waals surface area contributed by atoms with E-state index in [4.69, 9.17) is 4.74 Å². The van der Waals surface area contributed by atoms with Crippen LogP contribution in [0.25, 0.3) is 0 Å². The van der Waals surface area contributed by atoms with Crippen LogP contribution in [0.4, 0.5) is 4.39 Å². The number of ether oxygens (including phenoxy) is 1. The third-order valence-electron chi connectivity index (χ3n) is 5.45. The summed E-state index contributed by atoms with van der Waals surface area (Å²) >= 11 is 0. The Morgan fingerprint density at radius 3 is 2.25 bits per heavy atom. The highest BCUT2D eigenvalue weighted by molar-refractivity contribution is 7.89. The molecule has 1 aliphatic rings.